The van der Waals surface area contributed by atoms with Crippen molar-refractivity contribution in [1.82, 2.24) is 10.6 Å². The zero-order valence-corrected chi connectivity index (χ0v) is 8.59. The molecule has 0 aromatic heterocycles. The molecule has 1 heterocycles. The van der Waals surface area contributed by atoms with Crippen LogP contribution in [-0.4, -0.2) is 36.8 Å². The van der Waals surface area contributed by atoms with Gasteiger partial charge < -0.3 is 15.7 Å². The van der Waals surface area contributed by atoms with Gasteiger partial charge >= 0.3 is 0 Å². The highest BCUT2D eigenvalue weighted by molar-refractivity contribution is 5.81. The molecule has 1 rings (SSSR count). The summed E-state index contributed by atoms with van der Waals surface area (Å²) in [5.74, 6) is 0.131. The average Bonchev–Trinajstić information content (AvgIpc) is 2.39. The van der Waals surface area contributed by atoms with Crippen molar-refractivity contribution in [1.29, 1.82) is 0 Å². The van der Waals surface area contributed by atoms with Gasteiger partial charge in [0, 0.05) is 13.2 Å². The summed E-state index contributed by atoms with van der Waals surface area (Å²) in [5, 5.41) is 14.7. The summed E-state index contributed by atoms with van der Waals surface area (Å²) < 4.78 is 0. The minimum atomic E-state index is -0.0174. The van der Waals surface area contributed by atoms with Gasteiger partial charge in [0.1, 0.15) is 0 Å². The predicted octanol–water partition coefficient (Wildman–Crippen LogP) is 0.0172. The topological polar surface area (TPSA) is 61.4 Å². The van der Waals surface area contributed by atoms with Gasteiger partial charge in [-0.2, -0.15) is 0 Å². The summed E-state index contributed by atoms with van der Waals surface area (Å²) in [6.45, 7) is 1.87. The van der Waals surface area contributed by atoms with Crippen molar-refractivity contribution in [3.63, 3.8) is 0 Å². The van der Waals surface area contributed by atoms with Crippen molar-refractivity contribution in [2.45, 2.75) is 38.1 Å². The van der Waals surface area contributed by atoms with Gasteiger partial charge in [-0.05, 0) is 38.6 Å². The molecule has 4 nitrogen and oxygen atoms in total. The van der Waals surface area contributed by atoms with Crippen LogP contribution in [0.15, 0.2) is 0 Å². The molecule has 0 bridgehead atoms. The maximum absolute atomic E-state index is 11.5. The van der Waals surface area contributed by atoms with Gasteiger partial charge in [0.05, 0.1) is 6.04 Å². The van der Waals surface area contributed by atoms with Crippen molar-refractivity contribution in [3.8, 4) is 0 Å². The fraction of sp³-hybridized carbons (Fsp3) is 0.900. The molecule has 0 saturated carbocycles. The second kappa shape index (κ2) is 6.79. The summed E-state index contributed by atoms with van der Waals surface area (Å²) in [6.07, 6.45) is 4.86. The summed E-state index contributed by atoms with van der Waals surface area (Å²) in [6, 6.07) is -0.0174. The Kier molecular flexibility index (Phi) is 5.56. The number of nitrogens with one attached hydrogen (secondary N) is 2. The third-order valence-electron chi connectivity index (χ3n) is 2.51. The monoisotopic (exact) mass is 200 g/mol. The Morgan fingerprint density at radius 3 is 3.07 bits per heavy atom. The van der Waals surface area contributed by atoms with Gasteiger partial charge in [0.2, 0.25) is 5.91 Å². The summed E-state index contributed by atoms with van der Waals surface area (Å²) in [4.78, 5) is 11.5. The molecule has 1 aliphatic rings. The van der Waals surface area contributed by atoms with Gasteiger partial charge in [0.15, 0.2) is 0 Å². The van der Waals surface area contributed by atoms with Crippen LogP contribution < -0.4 is 10.6 Å². The predicted molar refractivity (Wildman–Crippen MR) is 55.0 cm³/mol. The van der Waals surface area contributed by atoms with E-state index in [1.165, 1.54) is 0 Å². The van der Waals surface area contributed by atoms with E-state index in [1.807, 2.05) is 0 Å². The van der Waals surface area contributed by atoms with E-state index < -0.39 is 0 Å². The minimum Gasteiger partial charge on any atom is -0.396 e. The molecule has 1 amide bonds. The van der Waals surface area contributed by atoms with Gasteiger partial charge in [-0.25, -0.2) is 0 Å². The number of hydrogen-bond acceptors (Lipinski definition) is 3. The lowest BCUT2D eigenvalue weighted by Gasteiger charge is -2.14. The van der Waals surface area contributed by atoms with Crippen LogP contribution in [0, 0.1) is 0 Å². The maximum atomic E-state index is 11.5. The Hall–Kier alpha value is -0.610. The van der Waals surface area contributed by atoms with Gasteiger partial charge in [0.25, 0.3) is 0 Å². The second-order valence-electron chi connectivity index (χ2n) is 3.72. The van der Waals surface area contributed by atoms with Crippen LogP contribution in [0.4, 0.5) is 0 Å². The van der Waals surface area contributed by atoms with Crippen LogP contribution in [0.5, 0.6) is 0 Å². The molecule has 14 heavy (non-hydrogen) atoms. The fourth-order valence-electron chi connectivity index (χ4n) is 1.65. The Morgan fingerprint density at radius 1 is 1.43 bits per heavy atom. The van der Waals surface area contributed by atoms with E-state index in [0.717, 1.165) is 45.2 Å². The van der Waals surface area contributed by atoms with Crippen LogP contribution in [0.3, 0.4) is 0 Å². The molecule has 0 aromatic carbocycles. The third kappa shape index (κ3) is 4.07. The third-order valence-corrected chi connectivity index (χ3v) is 2.51. The molecule has 1 unspecified atom stereocenters. The molecule has 1 saturated heterocycles. The van der Waals surface area contributed by atoms with Crippen LogP contribution >= 0.6 is 0 Å². The molecular formula is C10H20N2O2. The number of carbonyl (C=O) groups is 1. The highest BCUT2D eigenvalue weighted by Crippen LogP contribution is 2.05. The van der Waals surface area contributed by atoms with E-state index in [1.54, 1.807) is 0 Å². The number of aliphatic hydroxyl groups is 1. The summed E-state index contributed by atoms with van der Waals surface area (Å²) >= 11 is 0. The largest absolute Gasteiger partial charge is 0.396 e. The number of rotatable bonds is 5. The number of hydrogen-bond donors (Lipinski definition) is 3. The first-order valence-electron chi connectivity index (χ1n) is 5.46. The Labute approximate surface area is 85.1 Å². The van der Waals surface area contributed by atoms with Crippen molar-refractivity contribution in [2.75, 3.05) is 19.7 Å². The summed E-state index contributed by atoms with van der Waals surface area (Å²) in [7, 11) is 0. The number of aliphatic hydroxyl groups excluding tert-OH is 1. The molecule has 1 atom stereocenters. The lowest BCUT2D eigenvalue weighted by molar-refractivity contribution is -0.122. The fourth-order valence-corrected chi connectivity index (χ4v) is 1.65. The van der Waals surface area contributed by atoms with Crippen LogP contribution in [0.2, 0.25) is 0 Å². The lowest BCUT2D eigenvalue weighted by atomic mass is 10.1. The molecule has 1 aliphatic heterocycles. The minimum absolute atomic E-state index is 0.0174. The molecule has 0 aromatic rings. The number of amides is 1. The maximum Gasteiger partial charge on any atom is 0.237 e. The van der Waals surface area contributed by atoms with E-state index in [9.17, 15) is 4.79 Å². The van der Waals surface area contributed by atoms with E-state index >= 15 is 0 Å². The molecule has 4 heteroatoms. The second-order valence-corrected chi connectivity index (χ2v) is 3.72. The van der Waals surface area contributed by atoms with Crippen molar-refractivity contribution < 1.29 is 9.90 Å². The highest BCUT2D eigenvalue weighted by atomic mass is 16.2. The van der Waals surface area contributed by atoms with Gasteiger partial charge in [-0.15, -0.1) is 0 Å². The first-order valence-corrected chi connectivity index (χ1v) is 5.46. The number of unbranched alkanes of at least 4 members (excludes halogenated alkanes) is 1. The molecule has 0 radical (unpaired) electrons. The van der Waals surface area contributed by atoms with Crippen molar-refractivity contribution in [3.05, 3.63) is 0 Å². The molecule has 0 spiro atoms. The highest BCUT2D eigenvalue weighted by Gasteiger charge is 2.18. The average molecular weight is 200 g/mol. The molecule has 3 N–H and O–H groups in total. The van der Waals surface area contributed by atoms with E-state index in [0.29, 0.717) is 0 Å². The quantitative estimate of drug-likeness (QED) is 0.548. The Bertz CT molecular complexity index is 174. The van der Waals surface area contributed by atoms with Gasteiger partial charge in [-0.1, -0.05) is 0 Å². The first-order chi connectivity index (χ1) is 6.84. The normalized spacial score (nSPS) is 22.9. The van der Waals surface area contributed by atoms with E-state index in [2.05, 4.69) is 10.6 Å². The number of carbonyl (C=O) groups excluding carboxylic acids is 1. The van der Waals surface area contributed by atoms with E-state index in [4.69, 9.17) is 5.11 Å². The van der Waals surface area contributed by atoms with Crippen LogP contribution in [-0.2, 0) is 4.79 Å². The van der Waals surface area contributed by atoms with Crippen molar-refractivity contribution >= 4 is 5.91 Å². The Balaban J connectivity index is 2.16. The van der Waals surface area contributed by atoms with Gasteiger partial charge in [-0.3, -0.25) is 4.79 Å². The van der Waals surface area contributed by atoms with Crippen LogP contribution in [0.25, 0.3) is 0 Å². The molecule has 82 valence electrons. The smallest absolute Gasteiger partial charge is 0.237 e. The standard InChI is InChI=1S/C10H20N2O2/c13-8-4-3-6-11-9-5-1-2-7-12-10(9)14/h9,11,13H,1-8H2,(H,12,14). The molecule has 1 fully saturated rings. The van der Waals surface area contributed by atoms with Crippen LogP contribution in [0.1, 0.15) is 32.1 Å². The lowest BCUT2D eigenvalue weighted by Crippen LogP contribution is -2.43. The zero-order valence-electron chi connectivity index (χ0n) is 8.59. The van der Waals surface area contributed by atoms with E-state index in [-0.39, 0.29) is 18.6 Å². The first kappa shape index (κ1) is 11.5. The molecular weight excluding hydrogens is 180 g/mol. The Morgan fingerprint density at radius 2 is 2.29 bits per heavy atom. The van der Waals surface area contributed by atoms with Crippen molar-refractivity contribution in [2.24, 2.45) is 0 Å². The SMILES string of the molecule is O=C1NCCCCC1NCCCCO. The zero-order chi connectivity index (χ0) is 10.2. The summed E-state index contributed by atoms with van der Waals surface area (Å²) in [5.41, 5.74) is 0. The molecule has 0 aliphatic carbocycles.